The van der Waals surface area contributed by atoms with Gasteiger partial charge in [0, 0.05) is 18.9 Å². The Labute approximate surface area is 105 Å². The number of ketones is 2. The van der Waals surface area contributed by atoms with Crippen molar-refractivity contribution in [2.45, 2.75) is 31.9 Å². The van der Waals surface area contributed by atoms with Crippen molar-refractivity contribution in [3.05, 3.63) is 0 Å². The first kappa shape index (κ1) is 13.2. The zero-order chi connectivity index (χ0) is 13.3. The zero-order valence-corrected chi connectivity index (χ0v) is 10.3. The molecule has 0 aromatic rings. The van der Waals surface area contributed by atoms with Crippen LogP contribution in [0.1, 0.15) is 19.8 Å². The second-order valence-corrected chi connectivity index (χ2v) is 5.04. The van der Waals surface area contributed by atoms with Gasteiger partial charge >= 0.3 is 0 Å². The summed E-state index contributed by atoms with van der Waals surface area (Å²) >= 11 is 0. The minimum absolute atomic E-state index is 0.0146. The van der Waals surface area contributed by atoms with Crippen molar-refractivity contribution in [2.75, 3.05) is 13.2 Å². The summed E-state index contributed by atoms with van der Waals surface area (Å²) in [5.74, 6) is -0.914. The smallest absolute Gasteiger partial charge is 0.220 e. The molecule has 0 saturated carbocycles. The van der Waals surface area contributed by atoms with Crippen LogP contribution in [-0.2, 0) is 19.1 Å². The van der Waals surface area contributed by atoms with E-state index in [4.69, 9.17) is 10.5 Å². The van der Waals surface area contributed by atoms with Gasteiger partial charge in [0.2, 0.25) is 5.91 Å². The fourth-order valence-electron chi connectivity index (χ4n) is 2.48. The number of carbonyl (C=O) groups excluding carboxylic acids is 3. The van der Waals surface area contributed by atoms with Gasteiger partial charge in [-0.3, -0.25) is 14.4 Å². The summed E-state index contributed by atoms with van der Waals surface area (Å²) in [6, 6.07) is -0.326. The molecule has 3 N–H and O–H groups in total. The van der Waals surface area contributed by atoms with Crippen LogP contribution in [0.3, 0.4) is 0 Å². The highest BCUT2D eigenvalue weighted by Crippen LogP contribution is 2.26. The maximum atomic E-state index is 12.0. The van der Waals surface area contributed by atoms with Gasteiger partial charge in [-0.2, -0.15) is 0 Å². The molecule has 0 radical (unpaired) electrons. The quantitative estimate of drug-likeness (QED) is 0.656. The predicted molar refractivity (Wildman–Crippen MR) is 62.6 cm³/mol. The highest BCUT2D eigenvalue weighted by molar-refractivity contribution is 5.91. The monoisotopic (exact) mass is 254 g/mol. The number of primary amides is 1. The molecule has 4 unspecified atom stereocenters. The Kier molecular flexibility index (Phi) is 3.77. The summed E-state index contributed by atoms with van der Waals surface area (Å²) in [7, 11) is 0. The lowest BCUT2D eigenvalue weighted by molar-refractivity contribution is -0.126. The van der Waals surface area contributed by atoms with Crippen LogP contribution >= 0.6 is 0 Å². The van der Waals surface area contributed by atoms with Gasteiger partial charge in [0.1, 0.15) is 12.4 Å². The molecule has 2 aliphatic rings. The summed E-state index contributed by atoms with van der Waals surface area (Å²) < 4.78 is 5.35. The highest BCUT2D eigenvalue weighted by Gasteiger charge is 2.47. The topological polar surface area (TPSA) is 98.5 Å². The van der Waals surface area contributed by atoms with E-state index in [2.05, 4.69) is 5.32 Å². The Morgan fingerprint density at radius 1 is 1.56 bits per heavy atom. The summed E-state index contributed by atoms with van der Waals surface area (Å²) in [6.45, 7) is 2.27. The molecule has 0 spiro atoms. The molecule has 0 bridgehead atoms. The molecule has 2 aliphatic heterocycles. The average Bonchev–Trinajstić information content (AvgIpc) is 2.89. The molecular formula is C12H18N2O4. The lowest BCUT2D eigenvalue weighted by atomic mass is 9.92. The summed E-state index contributed by atoms with van der Waals surface area (Å²) in [5.41, 5.74) is 5.15. The van der Waals surface area contributed by atoms with Crippen LogP contribution in [0.2, 0.25) is 0 Å². The van der Waals surface area contributed by atoms with Gasteiger partial charge in [0.25, 0.3) is 0 Å². The molecule has 100 valence electrons. The molecule has 18 heavy (non-hydrogen) atoms. The Morgan fingerprint density at radius 2 is 2.28 bits per heavy atom. The molecule has 2 fully saturated rings. The highest BCUT2D eigenvalue weighted by atomic mass is 16.5. The SMILES string of the molecule is CC(CCC(=O)C1CNC2C(=O)COC12)C(N)=O. The van der Waals surface area contributed by atoms with E-state index in [0.29, 0.717) is 19.4 Å². The largest absolute Gasteiger partial charge is 0.369 e. The van der Waals surface area contributed by atoms with Crippen molar-refractivity contribution in [1.29, 1.82) is 0 Å². The maximum absolute atomic E-state index is 12.0. The third-order valence-corrected chi connectivity index (χ3v) is 3.77. The number of Topliss-reactive ketones (excluding diaryl/α,β-unsaturated/α-hetero) is 2. The summed E-state index contributed by atoms with van der Waals surface area (Å²) in [5, 5.41) is 3.02. The normalized spacial score (nSPS) is 32.3. The van der Waals surface area contributed by atoms with E-state index in [1.54, 1.807) is 6.92 Å². The Bertz CT molecular complexity index is 382. The molecule has 0 aromatic carbocycles. The van der Waals surface area contributed by atoms with Crippen molar-refractivity contribution >= 4 is 17.5 Å². The Morgan fingerprint density at radius 3 is 2.94 bits per heavy atom. The van der Waals surface area contributed by atoms with Crippen LogP contribution in [-0.4, -0.2) is 42.8 Å². The van der Waals surface area contributed by atoms with Gasteiger partial charge in [-0.05, 0) is 6.42 Å². The molecule has 2 rings (SSSR count). The lowest BCUT2D eigenvalue weighted by Crippen LogP contribution is -2.34. The molecule has 2 saturated heterocycles. The maximum Gasteiger partial charge on any atom is 0.220 e. The molecule has 1 amide bonds. The van der Waals surface area contributed by atoms with Gasteiger partial charge in [0.15, 0.2) is 5.78 Å². The van der Waals surface area contributed by atoms with Crippen LogP contribution in [0.5, 0.6) is 0 Å². The van der Waals surface area contributed by atoms with E-state index in [9.17, 15) is 14.4 Å². The summed E-state index contributed by atoms with van der Waals surface area (Å²) in [4.78, 5) is 34.3. The minimum atomic E-state index is -0.391. The molecule has 6 heteroatoms. The van der Waals surface area contributed by atoms with E-state index in [1.807, 2.05) is 0 Å². The number of nitrogens with two attached hydrogens (primary N) is 1. The van der Waals surface area contributed by atoms with Crippen molar-refractivity contribution in [2.24, 2.45) is 17.6 Å². The van der Waals surface area contributed by atoms with Crippen LogP contribution in [0.15, 0.2) is 0 Å². The van der Waals surface area contributed by atoms with Crippen LogP contribution < -0.4 is 11.1 Å². The number of hydrogen-bond acceptors (Lipinski definition) is 5. The summed E-state index contributed by atoms with van der Waals surface area (Å²) in [6.07, 6.45) is 0.432. The first-order valence-electron chi connectivity index (χ1n) is 6.20. The van der Waals surface area contributed by atoms with Gasteiger partial charge in [-0.15, -0.1) is 0 Å². The van der Waals surface area contributed by atoms with E-state index >= 15 is 0 Å². The fraction of sp³-hybridized carbons (Fsp3) is 0.750. The number of rotatable bonds is 5. The van der Waals surface area contributed by atoms with Gasteiger partial charge < -0.3 is 15.8 Å². The van der Waals surface area contributed by atoms with Crippen molar-refractivity contribution in [3.63, 3.8) is 0 Å². The van der Waals surface area contributed by atoms with Crippen LogP contribution in [0, 0.1) is 11.8 Å². The van der Waals surface area contributed by atoms with Crippen molar-refractivity contribution < 1.29 is 19.1 Å². The van der Waals surface area contributed by atoms with E-state index < -0.39 is 5.91 Å². The van der Waals surface area contributed by atoms with E-state index in [1.165, 1.54) is 0 Å². The third kappa shape index (κ3) is 2.44. The van der Waals surface area contributed by atoms with Gasteiger partial charge in [-0.1, -0.05) is 6.92 Å². The lowest BCUT2D eigenvalue weighted by Gasteiger charge is -2.15. The third-order valence-electron chi connectivity index (χ3n) is 3.77. The van der Waals surface area contributed by atoms with Gasteiger partial charge in [0.05, 0.1) is 18.1 Å². The predicted octanol–water partition coefficient (Wildman–Crippen LogP) is -0.987. The molecule has 0 aromatic heterocycles. The van der Waals surface area contributed by atoms with Gasteiger partial charge in [-0.25, -0.2) is 0 Å². The first-order chi connectivity index (χ1) is 8.50. The molecular weight excluding hydrogens is 236 g/mol. The van der Waals surface area contributed by atoms with E-state index in [-0.39, 0.29) is 42.2 Å². The van der Waals surface area contributed by atoms with Crippen molar-refractivity contribution in [1.82, 2.24) is 5.32 Å². The number of nitrogens with one attached hydrogen (secondary N) is 1. The minimum Gasteiger partial charge on any atom is -0.369 e. The number of amides is 1. The van der Waals surface area contributed by atoms with Crippen LogP contribution in [0.4, 0.5) is 0 Å². The molecule has 0 aliphatic carbocycles. The number of carbonyl (C=O) groups is 3. The fourth-order valence-corrected chi connectivity index (χ4v) is 2.48. The van der Waals surface area contributed by atoms with E-state index in [0.717, 1.165) is 0 Å². The molecule has 4 atom stereocenters. The Hall–Kier alpha value is -1.27. The first-order valence-corrected chi connectivity index (χ1v) is 6.20. The van der Waals surface area contributed by atoms with Crippen LogP contribution in [0.25, 0.3) is 0 Å². The Balaban J connectivity index is 1.87. The standard InChI is InChI=1S/C12H18N2O4/c1-6(12(13)17)2-3-8(15)7-4-14-10-9(16)5-18-11(7)10/h6-7,10-11,14H,2-5H2,1H3,(H2,13,17). The second-order valence-electron chi connectivity index (χ2n) is 5.04. The number of fused-ring (bicyclic) bond motifs is 1. The zero-order valence-electron chi connectivity index (χ0n) is 10.3. The molecule has 6 nitrogen and oxygen atoms in total. The number of hydrogen-bond donors (Lipinski definition) is 2. The molecule has 2 heterocycles. The van der Waals surface area contributed by atoms with Crippen molar-refractivity contribution in [3.8, 4) is 0 Å². The number of ether oxygens (including phenoxy) is 1. The average molecular weight is 254 g/mol. The second kappa shape index (κ2) is 5.16.